The molecule has 0 radical (unpaired) electrons. The van der Waals surface area contributed by atoms with E-state index in [9.17, 15) is 5.11 Å². The predicted molar refractivity (Wildman–Crippen MR) is 105 cm³/mol. The second-order valence-electron chi connectivity index (χ2n) is 6.34. The van der Waals surface area contributed by atoms with E-state index in [0.29, 0.717) is 30.2 Å². The fourth-order valence-corrected chi connectivity index (χ4v) is 2.97. The van der Waals surface area contributed by atoms with Gasteiger partial charge in [0.25, 0.3) is 0 Å². The van der Waals surface area contributed by atoms with Gasteiger partial charge < -0.3 is 25.1 Å². The van der Waals surface area contributed by atoms with Gasteiger partial charge in [-0.25, -0.2) is 5.01 Å². The van der Waals surface area contributed by atoms with Crippen LogP contribution < -0.4 is 25.8 Å². The highest BCUT2D eigenvalue weighted by Crippen LogP contribution is 2.40. The Morgan fingerprint density at radius 1 is 0.963 bits per heavy atom. The Morgan fingerprint density at radius 2 is 1.63 bits per heavy atom. The lowest BCUT2D eigenvalue weighted by atomic mass is 10.0. The summed E-state index contributed by atoms with van der Waals surface area (Å²) in [7, 11) is 4.68. The number of rotatable bonds is 10. The molecule has 0 saturated carbocycles. The van der Waals surface area contributed by atoms with Crippen molar-refractivity contribution in [2.24, 2.45) is 11.6 Å². The summed E-state index contributed by atoms with van der Waals surface area (Å²) in [5.74, 6) is 7.75. The number of hydrogen-bond donors (Lipinski definition) is 3. The van der Waals surface area contributed by atoms with E-state index in [4.69, 9.17) is 25.8 Å². The molecule has 0 unspecified atom stereocenters. The molecule has 0 bridgehead atoms. The summed E-state index contributed by atoms with van der Waals surface area (Å²) in [6.45, 7) is 0.587. The van der Waals surface area contributed by atoms with Gasteiger partial charge in [0.05, 0.1) is 27.4 Å². The van der Waals surface area contributed by atoms with Gasteiger partial charge >= 0.3 is 0 Å². The maximum Gasteiger partial charge on any atom is 0.203 e. The quantitative estimate of drug-likeness (QED) is 0.425. The van der Waals surface area contributed by atoms with Crippen LogP contribution in [0.15, 0.2) is 42.5 Å². The van der Waals surface area contributed by atoms with Gasteiger partial charge in [0, 0.05) is 24.7 Å². The highest BCUT2D eigenvalue weighted by molar-refractivity contribution is 5.55. The van der Waals surface area contributed by atoms with Crippen LogP contribution in [0.2, 0.25) is 0 Å². The Hall–Kier alpha value is -2.32. The topological polar surface area (TPSA) is 103 Å². The molecule has 0 fully saturated rings. The minimum absolute atomic E-state index is 0.228. The molecule has 0 aromatic heterocycles. The fraction of sp³-hybridized carbons (Fsp3) is 0.400. The number of benzene rings is 2. The highest BCUT2D eigenvalue weighted by atomic mass is 16.5. The largest absolute Gasteiger partial charge is 0.493 e. The second-order valence-corrected chi connectivity index (χ2v) is 6.34. The van der Waals surface area contributed by atoms with Crippen molar-refractivity contribution < 1.29 is 19.3 Å². The number of aliphatic hydroxyl groups excluding tert-OH is 1. The minimum atomic E-state index is -0.763. The number of nitrogens with zero attached hydrogens (tertiary/aromatic N) is 1. The van der Waals surface area contributed by atoms with E-state index in [1.54, 1.807) is 27.4 Å². The number of hydrogen-bond acceptors (Lipinski definition) is 7. The van der Waals surface area contributed by atoms with Crippen LogP contribution in [0.25, 0.3) is 0 Å². The predicted octanol–water partition coefficient (Wildman–Crippen LogP) is 1.32. The Balaban J connectivity index is 2.01. The number of hydrazine groups is 1. The van der Waals surface area contributed by atoms with Gasteiger partial charge in [-0.1, -0.05) is 36.4 Å². The molecule has 0 aliphatic heterocycles. The molecule has 2 aromatic carbocycles. The molecule has 0 saturated heterocycles. The van der Waals surface area contributed by atoms with Crippen LogP contribution in [0, 0.1) is 0 Å². The molecule has 2 aromatic rings. The fourth-order valence-electron chi connectivity index (χ4n) is 2.97. The van der Waals surface area contributed by atoms with E-state index in [2.05, 4.69) is 0 Å². The van der Waals surface area contributed by atoms with Gasteiger partial charge in [0.15, 0.2) is 11.5 Å². The maximum atomic E-state index is 10.4. The van der Waals surface area contributed by atoms with Crippen LogP contribution >= 0.6 is 0 Å². The van der Waals surface area contributed by atoms with Gasteiger partial charge in [0.1, 0.15) is 0 Å². The lowest BCUT2D eigenvalue weighted by molar-refractivity contribution is 0.0872. The van der Waals surface area contributed by atoms with Crippen LogP contribution in [-0.4, -0.2) is 50.1 Å². The van der Waals surface area contributed by atoms with Crippen molar-refractivity contribution in [3.05, 3.63) is 53.6 Å². The summed E-state index contributed by atoms with van der Waals surface area (Å²) in [4.78, 5) is 0. The molecule has 5 N–H and O–H groups in total. The average Bonchev–Trinajstić information content (AvgIpc) is 2.67. The van der Waals surface area contributed by atoms with Gasteiger partial charge in [-0.2, -0.15) is 0 Å². The monoisotopic (exact) mass is 375 g/mol. The summed E-state index contributed by atoms with van der Waals surface area (Å²) in [5.41, 5.74) is 8.04. The Labute approximate surface area is 160 Å². The average molecular weight is 375 g/mol. The van der Waals surface area contributed by atoms with Crippen molar-refractivity contribution in [3.8, 4) is 17.2 Å². The van der Waals surface area contributed by atoms with Crippen LogP contribution in [0.5, 0.6) is 17.2 Å². The summed E-state index contributed by atoms with van der Waals surface area (Å²) < 4.78 is 16.1. The molecule has 0 spiro atoms. The third-order valence-corrected chi connectivity index (χ3v) is 4.39. The molecule has 148 valence electrons. The van der Waals surface area contributed by atoms with Crippen molar-refractivity contribution in [1.29, 1.82) is 0 Å². The van der Waals surface area contributed by atoms with Crippen LogP contribution in [0.4, 0.5) is 0 Å². The Bertz CT molecular complexity index is 712. The summed E-state index contributed by atoms with van der Waals surface area (Å²) >= 11 is 0. The Kier molecular flexibility index (Phi) is 7.87. The second kappa shape index (κ2) is 10.1. The molecule has 2 atom stereocenters. The van der Waals surface area contributed by atoms with Crippen molar-refractivity contribution in [2.75, 3.05) is 27.9 Å². The molecule has 0 aliphatic rings. The summed E-state index contributed by atoms with van der Waals surface area (Å²) in [6.07, 6.45) is -0.184. The van der Waals surface area contributed by atoms with Crippen LogP contribution in [0.3, 0.4) is 0 Å². The molecule has 2 rings (SSSR count). The first-order chi connectivity index (χ1) is 13.0. The van der Waals surface area contributed by atoms with Crippen molar-refractivity contribution in [1.82, 2.24) is 5.01 Å². The third kappa shape index (κ3) is 5.58. The number of aliphatic hydroxyl groups is 1. The molecule has 7 nitrogen and oxygen atoms in total. The molecular formula is C20H29N3O4. The van der Waals surface area contributed by atoms with Crippen LogP contribution in [0.1, 0.15) is 11.1 Å². The van der Waals surface area contributed by atoms with Crippen molar-refractivity contribution in [3.63, 3.8) is 0 Å². The van der Waals surface area contributed by atoms with E-state index in [-0.39, 0.29) is 6.54 Å². The zero-order valence-corrected chi connectivity index (χ0v) is 16.1. The van der Waals surface area contributed by atoms with Gasteiger partial charge in [0.2, 0.25) is 5.75 Å². The number of nitrogens with two attached hydrogens (primary N) is 2. The van der Waals surface area contributed by atoms with E-state index in [1.807, 2.05) is 36.4 Å². The smallest absolute Gasteiger partial charge is 0.203 e. The normalized spacial score (nSPS) is 13.3. The van der Waals surface area contributed by atoms with E-state index in [1.165, 1.54) is 5.01 Å². The zero-order chi connectivity index (χ0) is 19.8. The SMILES string of the molecule is COc1ccc(CN(N)C[C@H](O)[C@@H](N)Cc2ccccc2)c(OC)c1OC. The first kappa shape index (κ1) is 21.0. The summed E-state index contributed by atoms with van der Waals surface area (Å²) in [5, 5.41) is 11.9. The minimum Gasteiger partial charge on any atom is -0.493 e. The first-order valence-electron chi connectivity index (χ1n) is 8.75. The molecular weight excluding hydrogens is 346 g/mol. The van der Waals surface area contributed by atoms with Gasteiger partial charge in [-0.05, 0) is 18.1 Å². The lowest BCUT2D eigenvalue weighted by Gasteiger charge is -2.25. The molecule has 0 aliphatic carbocycles. The maximum absolute atomic E-state index is 10.4. The van der Waals surface area contributed by atoms with Gasteiger partial charge in [-0.15, -0.1) is 0 Å². The van der Waals surface area contributed by atoms with Crippen LogP contribution in [-0.2, 0) is 13.0 Å². The number of ether oxygens (including phenoxy) is 3. The van der Waals surface area contributed by atoms with E-state index >= 15 is 0 Å². The number of methoxy groups -OCH3 is 3. The highest BCUT2D eigenvalue weighted by Gasteiger charge is 2.21. The molecule has 0 amide bonds. The molecule has 0 heterocycles. The lowest BCUT2D eigenvalue weighted by Crippen LogP contribution is -2.46. The standard InChI is InChI=1S/C20H29N3O4/c1-25-18-10-9-15(19(26-2)20(18)27-3)12-23(22)13-17(24)16(21)11-14-7-5-4-6-8-14/h4-10,16-17,24H,11-13,21-22H2,1-3H3/t16-,17-/m0/s1. The van der Waals surface area contributed by atoms with E-state index in [0.717, 1.165) is 11.1 Å². The van der Waals surface area contributed by atoms with Crippen molar-refractivity contribution in [2.45, 2.75) is 25.1 Å². The summed E-state index contributed by atoms with van der Waals surface area (Å²) in [6, 6.07) is 13.1. The Morgan fingerprint density at radius 3 is 2.22 bits per heavy atom. The third-order valence-electron chi connectivity index (χ3n) is 4.39. The molecule has 27 heavy (non-hydrogen) atoms. The molecule has 7 heteroatoms. The van der Waals surface area contributed by atoms with E-state index < -0.39 is 12.1 Å². The van der Waals surface area contributed by atoms with Crippen molar-refractivity contribution >= 4 is 0 Å². The first-order valence-corrected chi connectivity index (χ1v) is 8.75. The zero-order valence-electron chi connectivity index (χ0n) is 16.1. The van der Waals surface area contributed by atoms with Gasteiger partial charge in [-0.3, -0.25) is 5.84 Å².